The SMILES string of the molecule is CC(c1cccs1)N(C)c1ncc(F)cc1CO. The number of thiophene rings is 1. The number of anilines is 1. The molecular weight excluding hydrogens is 251 g/mol. The van der Waals surface area contributed by atoms with Gasteiger partial charge in [-0.05, 0) is 24.4 Å². The van der Waals surface area contributed by atoms with E-state index in [9.17, 15) is 9.50 Å². The van der Waals surface area contributed by atoms with Crippen LogP contribution in [0.15, 0.2) is 29.8 Å². The highest BCUT2D eigenvalue weighted by molar-refractivity contribution is 7.10. The predicted octanol–water partition coefficient (Wildman–Crippen LogP) is 2.97. The molecular formula is C13H15FN2OS. The Morgan fingerprint density at radius 1 is 1.56 bits per heavy atom. The fraction of sp³-hybridized carbons (Fsp3) is 0.308. The number of halogens is 1. The molecule has 0 aromatic carbocycles. The molecule has 0 saturated carbocycles. The zero-order chi connectivity index (χ0) is 13.1. The van der Waals surface area contributed by atoms with Crippen LogP contribution >= 0.6 is 11.3 Å². The van der Waals surface area contributed by atoms with E-state index < -0.39 is 5.82 Å². The molecule has 2 rings (SSSR count). The van der Waals surface area contributed by atoms with Crippen molar-refractivity contribution in [1.82, 2.24) is 4.98 Å². The number of aliphatic hydroxyl groups is 1. The molecule has 1 unspecified atom stereocenters. The van der Waals surface area contributed by atoms with Crippen LogP contribution in [0.5, 0.6) is 0 Å². The first kappa shape index (κ1) is 13.0. The summed E-state index contributed by atoms with van der Waals surface area (Å²) in [7, 11) is 1.89. The van der Waals surface area contributed by atoms with Crippen LogP contribution in [0.25, 0.3) is 0 Å². The van der Waals surface area contributed by atoms with Gasteiger partial charge in [0.05, 0.1) is 18.8 Å². The number of aromatic nitrogens is 1. The standard InChI is InChI=1S/C13H15FN2OS/c1-9(12-4-3-5-18-12)16(2)13-10(8-17)6-11(14)7-15-13/h3-7,9,17H,8H2,1-2H3. The molecule has 0 aliphatic carbocycles. The van der Waals surface area contributed by atoms with Crippen LogP contribution < -0.4 is 4.90 Å². The van der Waals surface area contributed by atoms with Crippen molar-refractivity contribution in [2.45, 2.75) is 19.6 Å². The zero-order valence-electron chi connectivity index (χ0n) is 10.3. The molecule has 5 heteroatoms. The van der Waals surface area contributed by atoms with Gasteiger partial charge in [-0.1, -0.05) is 6.07 Å². The largest absolute Gasteiger partial charge is 0.392 e. The van der Waals surface area contributed by atoms with E-state index in [0.717, 1.165) is 0 Å². The average Bonchev–Trinajstić information content (AvgIpc) is 2.90. The molecule has 0 amide bonds. The lowest BCUT2D eigenvalue weighted by molar-refractivity contribution is 0.281. The van der Waals surface area contributed by atoms with E-state index >= 15 is 0 Å². The summed E-state index contributed by atoms with van der Waals surface area (Å²) in [4.78, 5) is 7.22. The van der Waals surface area contributed by atoms with Crippen LogP contribution in [0.4, 0.5) is 10.2 Å². The zero-order valence-corrected chi connectivity index (χ0v) is 11.1. The Hall–Kier alpha value is -1.46. The first-order chi connectivity index (χ1) is 8.63. The lowest BCUT2D eigenvalue weighted by atomic mass is 10.2. The fourth-order valence-corrected chi connectivity index (χ4v) is 2.64. The number of hydrogen-bond acceptors (Lipinski definition) is 4. The Kier molecular flexibility index (Phi) is 3.93. The van der Waals surface area contributed by atoms with Gasteiger partial charge in [0.15, 0.2) is 0 Å². The van der Waals surface area contributed by atoms with Crippen molar-refractivity contribution in [3.8, 4) is 0 Å². The molecule has 0 radical (unpaired) electrons. The smallest absolute Gasteiger partial charge is 0.142 e. The maximum absolute atomic E-state index is 13.1. The maximum Gasteiger partial charge on any atom is 0.142 e. The topological polar surface area (TPSA) is 36.4 Å². The van der Waals surface area contributed by atoms with Crippen molar-refractivity contribution in [1.29, 1.82) is 0 Å². The highest BCUT2D eigenvalue weighted by atomic mass is 32.1. The van der Waals surface area contributed by atoms with Crippen molar-refractivity contribution in [3.05, 3.63) is 46.0 Å². The van der Waals surface area contributed by atoms with Gasteiger partial charge in [-0.2, -0.15) is 0 Å². The van der Waals surface area contributed by atoms with Gasteiger partial charge < -0.3 is 10.0 Å². The van der Waals surface area contributed by atoms with Gasteiger partial charge in [0.2, 0.25) is 0 Å². The van der Waals surface area contributed by atoms with Gasteiger partial charge >= 0.3 is 0 Å². The number of nitrogens with zero attached hydrogens (tertiary/aromatic N) is 2. The minimum Gasteiger partial charge on any atom is -0.392 e. The molecule has 2 aromatic heterocycles. The van der Waals surface area contributed by atoms with Gasteiger partial charge in [-0.15, -0.1) is 11.3 Å². The highest BCUT2D eigenvalue weighted by Gasteiger charge is 2.17. The third kappa shape index (κ3) is 2.52. The van der Waals surface area contributed by atoms with E-state index in [1.54, 1.807) is 11.3 Å². The summed E-state index contributed by atoms with van der Waals surface area (Å²) in [6.07, 6.45) is 1.17. The minimum absolute atomic E-state index is 0.133. The quantitative estimate of drug-likeness (QED) is 0.924. The van der Waals surface area contributed by atoms with Crippen molar-refractivity contribution < 1.29 is 9.50 Å². The van der Waals surface area contributed by atoms with E-state index in [1.165, 1.54) is 17.1 Å². The number of aliphatic hydroxyl groups excluding tert-OH is 1. The first-order valence-corrected chi connectivity index (χ1v) is 6.53. The molecule has 18 heavy (non-hydrogen) atoms. The van der Waals surface area contributed by atoms with Gasteiger partial charge in [0, 0.05) is 17.5 Å². The molecule has 0 spiro atoms. The third-order valence-corrected chi connectivity index (χ3v) is 3.99. The number of hydrogen-bond donors (Lipinski definition) is 1. The molecule has 1 N–H and O–H groups in total. The Morgan fingerprint density at radius 2 is 2.33 bits per heavy atom. The van der Waals surface area contributed by atoms with Crippen molar-refractivity contribution in [2.75, 3.05) is 11.9 Å². The van der Waals surface area contributed by atoms with Crippen molar-refractivity contribution in [2.24, 2.45) is 0 Å². The second-order valence-electron chi connectivity index (χ2n) is 4.10. The van der Waals surface area contributed by atoms with Crippen LogP contribution in [-0.2, 0) is 6.61 Å². The van der Waals surface area contributed by atoms with Crippen LogP contribution in [0.2, 0.25) is 0 Å². The van der Waals surface area contributed by atoms with Crippen LogP contribution in [0.3, 0.4) is 0 Å². The summed E-state index contributed by atoms with van der Waals surface area (Å²) in [5.41, 5.74) is 0.501. The Balaban J connectivity index is 2.31. The maximum atomic E-state index is 13.1. The summed E-state index contributed by atoms with van der Waals surface area (Å²) in [5, 5.41) is 11.3. The van der Waals surface area contributed by atoms with Crippen molar-refractivity contribution in [3.63, 3.8) is 0 Å². The molecule has 0 fully saturated rings. The van der Waals surface area contributed by atoms with E-state index in [0.29, 0.717) is 11.4 Å². The Bertz CT molecular complexity index is 516. The highest BCUT2D eigenvalue weighted by Crippen LogP contribution is 2.29. The number of rotatable bonds is 4. The van der Waals surface area contributed by atoms with Crippen molar-refractivity contribution >= 4 is 17.2 Å². The van der Waals surface area contributed by atoms with E-state index in [4.69, 9.17) is 0 Å². The van der Waals surface area contributed by atoms with Gasteiger partial charge in [-0.3, -0.25) is 0 Å². The predicted molar refractivity (Wildman–Crippen MR) is 71.3 cm³/mol. The summed E-state index contributed by atoms with van der Waals surface area (Å²) in [6, 6.07) is 5.50. The van der Waals surface area contributed by atoms with Gasteiger partial charge in [0.1, 0.15) is 11.6 Å². The third-order valence-electron chi connectivity index (χ3n) is 2.95. The van der Waals surface area contributed by atoms with Crippen LogP contribution in [-0.4, -0.2) is 17.1 Å². The first-order valence-electron chi connectivity index (χ1n) is 5.65. The minimum atomic E-state index is -0.431. The molecule has 96 valence electrons. The average molecular weight is 266 g/mol. The lowest BCUT2D eigenvalue weighted by Gasteiger charge is -2.26. The summed E-state index contributed by atoms with van der Waals surface area (Å²) in [6.45, 7) is 1.83. The number of pyridine rings is 1. The second-order valence-corrected chi connectivity index (χ2v) is 5.08. The van der Waals surface area contributed by atoms with E-state index in [-0.39, 0.29) is 12.6 Å². The second kappa shape index (κ2) is 5.46. The normalized spacial score (nSPS) is 12.4. The fourth-order valence-electron chi connectivity index (χ4n) is 1.81. The Morgan fingerprint density at radius 3 is 2.94 bits per heavy atom. The van der Waals surface area contributed by atoms with Crippen LogP contribution in [0.1, 0.15) is 23.4 Å². The molecule has 0 bridgehead atoms. The van der Waals surface area contributed by atoms with Gasteiger partial charge in [-0.25, -0.2) is 9.37 Å². The summed E-state index contributed by atoms with van der Waals surface area (Å²) >= 11 is 1.66. The molecule has 2 aromatic rings. The van der Waals surface area contributed by atoms with E-state index in [2.05, 4.69) is 11.9 Å². The monoisotopic (exact) mass is 266 g/mol. The molecule has 1 atom stereocenters. The van der Waals surface area contributed by atoms with E-state index in [1.807, 2.05) is 29.5 Å². The van der Waals surface area contributed by atoms with Gasteiger partial charge in [0.25, 0.3) is 0 Å². The lowest BCUT2D eigenvalue weighted by Crippen LogP contribution is -2.23. The summed E-state index contributed by atoms with van der Waals surface area (Å²) in [5.74, 6) is 0.180. The molecule has 0 aliphatic rings. The summed E-state index contributed by atoms with van der Waals surface area (Å²) < 4.78 is 13.1. The molecule has 2 heterocycles. The molecule has 3 nitrogen and oxygen atoms in total. The molecule has 0 saturated heterocycles. The Labute approximate surface area is 110 Å². The molecule has 0 aliphatic heterocycles. The van der Waals surface area contributed by atoms with Crippen LogP contribution in [0, 0.1) is 5.82 Å².